The highest BCUT2D eigenvalue weighted by Gasteiger charge is 2.35. The molecule has 3 aromatic rings. The van der Waals surface area contributed by atoms with Crippen LogP contribution in [0.15, 0.2) is 45.5 Å². The van der Waals surface area contributed by atoms with E-state index in [1.165, 1.54) is 35.2 Å². The van der Waals surface area contributed by atoms with Crippen molar-refractivity contribution in [2.24, 2.45) is 0 Å². The molecule has 3 rings (SSSR count). The highest BCUT2D eigenvalue weighted by molar-refractivity contribution is 7.99. The number of hydrogen-bond donors (Lipinski definition) is 1. The third-order valence-electron chi connectivity index (χ3n) is 5.36. The minimum absolute atomic E-state index is 0.0171. The number of benzene rings is 2. The summed E-state index contributed by atoms with van der Waals surface area (Å²) in [5.41, 5.74) is -0.267. The normalized spacial score (nSPS) is 12.2. The molecule has 1 N–H and O–H groups in total. The lowest BCUT2D eigenvalue weighted by atomic mass is 10.2. The van der Waals surface area contributed by atoms with Crippen molar-refractivity contribution in [2.45, 2.75) is 35.5 Å². The number of hydrogen-bond acceptors (Lipinski definition) is 8. The van der Waals surface area contributed by atoms with Crippen LogP contribution < -0.4 is 10.1 Å². The van der Waals surface area contributed by atoms with E-state index in [4.69, 9.17) is 16.3 Å². The summed E-state index contributed by atoms with van der Waals surface area (Å²) in [6.07, 6.45) is -4.25. The molecule has 1 aromatic heterocycles. The maximum absolute atomic E-state index is 13.5. The van der Waals surface area contributed by atoms with Crippen LogP contribution in [0.5, 0.6) is 5.75 Å². The van der Waals surface area contributed by atoms with Crippen molar-refractivity contribution in [3.05, 3.63) is 52.5 Å². The first-order chi connectivity index (χ1) is 17.9. The fraction of sp³-hybridized carbons (Fsp3) is 0.400. The Morgan fingerprint density at radius 1 is 1.16 bits per heavy atom. The Labute approximate surface area is 232 Å². The number of carbonyl (C=O) groups is 1. The summed E-state index contributed by atoms with van der Waals surface area (Å²) in [5.74, 6) is -0.729. The Balaban J connectivity index is 1.46. The van der Waals surface area contributed by atoms with Gasteiger partial charge < -0.3 is 14.8 Å². The van der Waals surface area contributed by atoms with Gasteiger partial charge in [-0.15, -0.1) is 23.1 Å². The molecule has 0 saturated heterocycles. The Morgan fingerprint density at radius 2 is 1.92 bits per heavy atom. The zero-order chi connectivity index (χ0) is 27.9. The first-order valence-corrected chi connectivity index (χ1v) is 15.5. The molecule has 0 aliphatic rings. The lowest BCUT2D eigenvalue weighted by Crippen LogP contribution is -2.21. The van der Waals surface area contributed by atoms with E-state index in [9.17, 15) is 26.4 Å². The molecule has 38 heavy (non-hydrogen) atoms. The monoisotopic (exact) mass is 609 g/mol. The van der Waals surface area contributed by atoms with Gasteiger partial charge in [-0.2, -0.15) is 13.2 Å². The largest absolute Gasteiger partial charge is 0.481 e. The number of thiophene rings is 1. The van der Waals surface area contributed by atoms with Crippen LogP contribution in [-0.2, 0) is 25.5 Å². The molecule has 0 saturated carbocycles. The lowest BCUT2D eigenvalue weighted by molar-refractivity contribution is -0.147. The number of aryl methyl sites for hydroxylation is 1. The maximum Gasteiger partial charge on any atom is 0.420 e. The number of carbonyl (C=O) groups excluding carboxylic acids is 1. The van der Waals surface area contributed by atoms with Gasteiger partial charge in [-0.05, 0) is 74.2 Å². The molecular weight excluding hydrogens is 583 g/mol. The molecule has 0 spiro atoms. The van der Waals surface area contributed by atoms with Gasteiger partial charge in [-0.1, -0.05) is 11.6 Å². The number of ether oxygens (including phenoxy) is 2. The molecule has 0 amide bonds. The minimum Gasteiger partial charge on any atom is -0.481 e. The molecule has 1 heterocycles. The van der Waals surface area contributed by atoms with Crippen LogP contribution >= 0.6 is 34.7 Å². The van der Waals surface area contributed by atoms with E-state index in [1.807, 2.05) is 6.07 Å². The number of halogens is 4. The van der Waals surface area contributed by atoms with Gasteiger partial charge in [0.05, 0.1) is 17.9 Å². The highest BCUT2D eigenvalue weighted by Crippen LogP contribution is 2.39. The Kier molecular flexibility index (Phi) is 10.8. The van der Waals surface area contributed by atoms with Gasteiger partial charge in [0.15, 0.2) is 16.4 Å². The van der Waals surface area contributed by atoms with Crippen LogP contribution in [0.3, 0.4) is 0 Å². The van der Waals surface area contributed by atoms with E-state index in [2.05, 4.69) is 10.1 Å². The topological polar surface area (TPSA) is 81.7 Å². The fourth-order valence-corrected chi connectivity index (χ4v) is 7.85. The summed E-state index contributed by atoms with van der Waals surface area (Å²) < 4.78 is 77.1. The molecule has 208 valence electrons. The standard InChI is InChI=1S/C25H27ClF3NO5S3/c1-3-34-23(31)15-35-21-7-6-18(14-20(21)25(27,28)29)36-11-10-30-9-4-12-38(32,33)24-16(2)19-13-17(26)5-8-22(19)37-24/h5-8,13-14,30H,3-4,9-12,15H2,1-2H3. The predicted molar refractivity (Wildman–Crippen MR) is 145 cm³/mol. The van der Waals surface area contributed by atoms with Gasteiger partial charge in [0.1, 0.15) is 9.96 Å². The van der Waals surface area contributed by atoms with Crippen molar-refractivity contribution >= 4 is 60.6 Å². The molecule has 0 aliphatic carbocycles. The minimum atomic E-state index is -4.65. The Bertz CT molecular complexity index is 1380. The van der Waals surface area contributed by atoms with Crippen molar-refractivity contribution in [1.82, 2.24) is 5.32 Å². The molecule has 0 radical (unpaired) electrons. The smallest absolute Gasteiger partial charge is 0.420 e. The summed E-state index contributed by atoms with van der Waals surface area (Å²) in [5, 5.41) is 4.52. The van der Waals surface area contributed by atoms with Crippen LogP contribution in [0.25, 0.3) is 10.1 Å². The number of nitrogens with one attached hydrogen (secondary N) is 1. The molecular formula is C25H27ClF3NO5S3. The number of fused-ring (bicyclic) bond motifs is 1. The van der Waals surface area contributed by atoms with Crippen LogP contribution in [0.1, 0.15) is 24.5 Å². The van der Waals surface area contributed by atoms with Crippen molar-refractivity contribution < 1.29 is 35.9 Å². The van der Waals surface area contributed by atoms with Crippen LogP contribution in [0.2, 0.25) is 5.02 Å². The molecule has 13 heteroatoms. The molecule has 6 nitrogen and oxygen atoms in total. The lowest BCUT2D eigenvalue weighted by Gasteiger charge is -2.15. The molecule has 2 aromatic carbocycles. The second kappa shape index (κ2) is 13.4. The van der Waals surface area contributed by atoms with Gasteiger partial charge in [0, 0.05) is 26.9 Å². The van der Waals surface area contributed by atoms with E-state index < -0.39 is 39.9 Å². The van der Waals surface area contributed by atoms with E-state index in [0.29, 0.717) is 45.0 Å². The van der Waals surface area contributed by atoms with Crippen molar-refractivity contribution in [3.63, 3.8) is 0 Å². The third kappa shape index (κ3) is 8.25. The first-order valence-electron chi connectivity index (χ1n) is 11.7. The van der Waals surface area contributed by atoms with Gasteiger partial charge in [0.25, 0.3) is 0 Å². The van der Waals surface area contributed by atoms with E-state index in [1.54, 1.807) is 26.0 Å². The van der Waals surface area contributed by atoms with Gasteiger partial charge in [0.2, 0.25) is 0 Å². The molecule has 0 unspecified atom stereocenters. The van der Waals surface area contributed by atoms with E-state index in [0.717, 1.165) is 16.2 Å². The van der Waals surface area contributed by atoms with Gasteiger partial charge in [-0.25, -0.2) is 13.2 Å². The molecule has 0 atom stereocenters. The quantitative estimate of drug-likeness (QED) is 0.137. The average Bonchev–Trinajstić information content (AvgIpc) is 3.18. The zero-order valence-electron chi connectivity index (χ0n) is 20.7. The number of rotatable bonds is 13. The van der Waals surface area contributed by atoms with Crippen molar-refractivity contribution in [1.29, 1.82) is 0 Å². The summed E-state index contributed by atoms with van der Waals surface area (Å²) in [6, 6.07) is 8.98. The van der Waals surface area contributed by atoms with Gasteiger partial charge in [-0.3, -0.25) is 0 Å². The summed E-state index contributed by atoms with van der Waals surface area (Å²) in [4.78, 5) is 11.8. The Hall–Kier alpha value is -1.99. The van der Waals surface area contributed by atoms with Gasteiger partial charge >= 0.3 is 12.1 Å². The second-order valence-corrected chi connectivity index (χ2v) is 13.1. The highest BCUT2D eigenvalue weighted by atomic mass is 35.5. The number of esters is 1. The predicted octanol–water partition coefficient (Wildman–Crippen LogP) is 6.37. The van der Waals surface area contributed by atoms with E-state index in [-0.39, 0.29) is 12.4 Å². The summed E-state index contributed by atoms with van der Waals surface area (Å²) in [6.45, 7) is 3.79. The van der Waals surface area contributed by atoms with Crippen LogP contribution in [0, 0.1) is 6.92 Å². The second-order valence-electron chi connectivity index (χ2n) is 8.18. The average molecular weight is 610 g/mol. The molecule has 0 aliphatic heterocycles. The van der Waals surface area contributed by atoms with Crippen molar-refractivity contribution in [2.75, 3.05) is 37.8 Å². The maximum atomic E-state index is 13.5. The first kappa shape index (κ1) is 30.6. The van der Waals surface area contributed by atoms with Crippen molar-refractivity contribution in [3.8, 4) is 5.75 Å². The van der Waals surface area contributed by atoms with Crippen LogP contribution in [0.4, 0.5) is 13.2 Å². The van der Waals surface area contributed by atoms with Crippen LogP contribution in [-0.4, -0.2) is 52.2 Å². The fourth-order valence-electron chi connectivity index (χ4n) is 3.60. The number of alkyl halides is 3. The SMILES string of the molecule is CCOC(=O)COc1ccc(SCCNCCCS(=O)(=O)c2sc3ccc(Cl)cc3c2C)cc1C(F)(F)F. The molecule has 0 fully saturated rings. The Morgan fingerprint density at radius 3 is 2.63 bits per heavy atom. The van der Waals surface area contributed by atoms with E-state index >= 15 is 0 Å². The zero-order valence-corrected chi connectivity index (χ0v) is 23.9. The number of thioether (sulfide) groups is 1. The molecule has 0 bridgehead atoms. The number of sulfone groups is 1. The third-order valence-corrected chi connectivity index (χ3v) is 10.4. The summed E-state index contributed by atoms with van der Waals surface area (Å²) in [7, 11) is -3.45. The summed E-state index contributed by atoms with van der Waals surface area (Å²) >= 11 is 8.50.